The molecule has 0 aliphatic heterocycles. The number of aldehydes is 1. The number of carbonyl (C=O) groups excluding carboxylic acids is 1. The maximum absolute atomic E-state index is 10.3. The van der Waals surface area contributed by atoms with Crippen molar-refractivity contribution >= 4 is 22.2 Å². The molecule has 0 rings (SSSR count). The van der Waals surface area contributed by atoms with Crippen LogP contribution in [-0.2, 0) is 4.79 Å². The van der Waals surface area contributed by atoms with Gasteiger partial charge in [-0.15, -0.1) is 0 Å². The fraction of sp³-hybridized carbons (Fsp3) is 0.857. The van der Waals surface area contributed by atoms with Crippen molar-refractivity contribution < 1.29 is 9.90 Å². The Balaban J connectivity index is 3.71. The maximum atomic E-state index is 10.3. The summed E-state index contributed by atoms with van der Waals surface area (Å²) in [6, 6.07) is 0. The summed E-state index contributed by atoms with van der Waals surface area (Å²) >= 11 is 3.31. The molecule has 3 unspecified atom stereocenters. The lowest BCUT2D eigenvalue weighted by molar-refractivity contribution is -0.114. The van der Waals surface area contributed by atoms with Gasteiger partial charge in [0, 0.05) is 10.7 Å². The molecule has 10 heavy (non-hydrogen) atoms. The first kappa shape index (κ1) is 10.1. The summed E-state index contributed by atoms with van der Waals surface area (Å²) in [6.45, 7) is 3.59. The lowest BCUT2D eigenvalue weighted by Crippen LogP contribution is -2.20. The van der Waals surface area contributed by atoms with Crippen molar-refractivity contribution in [1.29, 1.82) is 0 Å². The summed E-state index contributed by atoms with van der Waals surface area (Å²) in [5, 5.41) is 9.01. The van der Waals surface area contributed by atoms with Crippen LogP contribution in [0.5, 0.6) is 0 Å². The van der Waals surface area contributed by atoms with E-state index in [2.05, 4.69) is 15.9 Å². The van der Waals surface area contributed by atoms with Gasteiger partial charge in [-0.2, -0.15) is 0 Å². The fourth-order valence-corrected chi connectivity index (χ4v) is 1.17. The van der Waals surface area contributed by atoms with Crippen molar-refractivity contribution in [3.8, 4) is 0 Å². The summed E-state index contributed by atoms with van der Waals surface area (Å²) in [4.78, 5) is 10.6. The topological polar surface area (TPSA) is 37.3 Å². The van der Waals surface area contributed by atoms with Gasteiger partial charge >= 0.3 is 0 Å². The number of aliphatic hydroxyl groups is 1. The molecule has 0 aromatic rings. The Bertz CT molecular complexity index is 102. The van der Waals surface area contributed by atoms with E-state index >= 15 is 0 Å². The zero-order valence-corrected chi connectivity index (χ0v) is 7.84. The number of rotatable bonds is 4. The number of carbonyl (C=O) groups is 1. The van der Waals surface area contributed by atoms with E-state index in [1.54, 1.807) is 6.92 Å². The van der Waals surface area contributed by atoms with Crippen molar-refractivity contribution in [2.45, 2.75) is 31.2 Å². The van der Waals surface area contributed by atoms with Crippen molar-refractivity contribution in [2.24, 2.45) is 5.92 Å². The molecular weight excluding hydrogens is 196 g/mol. The van der Waals surface area contributed by atoms with E-state index in [1.165, 1.54) is 0 Å². The standard InChI is InChI=1S/C7H13BrO2/c1-5(8)3-7(4-9)6(2)10/h4-7,10H,3H2,1-2H3. The Kier molecular flexibility index (Phi) is 4.91. The van der Waals surface area contributed by atoms with Crippen molar-refractivity contribution in [1.82, 2.24) is 0 Å². The zero-order chi connectivity index (χ0) is 8.15. The van der Waals surface area contributed by atoms with E-state index < -0.39 is 6.10 Å². The molecule has 0 radical (unpaired) electrons. The van der Waals surface area contributed by atoms with E-state index in [-0.39, 0.29) is 10.7 Å². The Morgan fingerprint density at radius 3 is 2.20 bits per heavy atom. The Morgan fingerprint density at radius 2 is 2.10 bits per heavy atom. The normalized spacial score (nSPS) is 19.6. The second kappa shape index (κ2) is 4.85. The second-order valence-corrected chi connectivity index (χ2v) is 4.12. The average Bonchev–Trinajstić information content (AvgIpc) is 1.81. The molecule has 2 nitrogen and oxygen atoms in total. The molecule has 0 aromatic carbocycles. The molecular formula is C7H13BrO2. The van der Waals surface area contributed by atoms with Crippen LogP contribution in [0.25, 0.3) is 0 Å². The molecule has 0 aliphatic rings. The van der Waals surface area contributed by atoms with Crippen molar-refractivity contribution in [2.75, 3.05) is 0 Å². The van der Waals surface area contributed by atoms with Gasteiger partial charge < -0.3 is 9.90 Å². The molecule has 3 atom stereocenters. The third kappa shape index (κ3) is 4.01. The van der Waals surface area contributed by atoms with Crippen molar-refractivity contribution in [3.05, 3.63) is 0 Å². The Hall–Kier alpha value is 0.110. The quantitative estimate of drug-likeness (QED) is 0.560. The van der Waals surface area contributed by atoms with Crippen LogP contribution >= 0.6 is 15.9 Å². The molecule has 0 amide bonds. The van der Waals surface area contributed by atoms with E-state index in [0.717, 1.165) is 6.29 Å². The predicted octanol–water partition coefficient (Wildman–Crippen LogP) is 1.36. The summed E-state index contributed by atoms with van der Waals surface area (Å²) in [6.07, 6.45) is 0.973. The van der Waals surface area contributed by atoms with Crippen LogP contribution in [0.2, 0.25) is 0 Å². The van der Waals surface area contributed by atoms with Crippen LogP contribution in [-0.4, -0.2) is 22.3 Å². The second-order valence-electron chi connectivity index (χ2n) is 2.56. The molecule has 0 bridgehead atoms. The highest BCUT2D eigenvalue weighted by atomic mass is 79.9. The van der Waals surface area contributed by atoms with E-state index in [0.29, 0.717) is 6.42 Å². The van der Waals surface area contributed by atoms with Crippen LogP contribution in [0.15, 0.2) is 0 Å². The third-order valence-corrected chi connectivity index (χ3v) is 1.77. The number of aliphatic hydroxyl groups excluding tert-OH is 1. The SMILES string of the molecule is CC(Br)CC(C=O)C(C)O. The van der Waals surface area contributed by atoms with Gasteiger partial charge in [0.2, 0.25) is 0 Å². The molecule has 0 saturated carbocycles. The third-order valence-electron chi connectivity index (χ3n) is 1.39. The smallest absolute Gasteiger partial charge is 0.125 e. The molecule has 0 spiro atoms. The van der Waals surface area contributed by atoms with Gasteiger partial charge in [0.05, 0.1) is 6.10 Å². The molecule has 0 fully saturated rings. The number of hydrogen-bond acceptors (Lipinski definition) is 2. The van der Waals surface area contributed by atoms with E-state index in [9.17, 15) is 4.79 Å². The number of halogens is 1. The highest BCUT2D eigenvalue weighted by molar-refractivity contribution is 9.09. The van der Waals surface area contributed by atoms with E-state index in [4.69, 9.17) is 5.11 Å². The molecule has 0 aromatic heterocycles. The van der Waals surface area contributed by atoms with Gasteiger partial charge in [-0.1, -0.05) is 22.9 Å². The molecule has 60 valence electrons. The van der Waals surface area contributed by atoms with Crippen LogP contribution in [0.4, 0.5) is 0 Å². The molecule has 0 heterocycles. The lowest BCUT2D eigenvalue weighted by Gasteiger charge is -2.13. The first-order valence-corrected chi connectivity index (χ1v) is 4.27. The minimum Gasteiger partial charge on any atom is -0.393 e. The van der Waals surface area contributed by atoms with Gasteiger partial charge in [0.15, 0.2) is 0 Å². The fourth-order valence-electron chi connectivity index (χ4n) is 0.741. The number of alkyl halides is 1. The first-order chi connectivity index (χ1) is 4.57. The lowest BCUT2D eigenvalue weighted by atomic mass is 10.0. The van der Waals surface area contributed by atoms with Crippen LogP contribution in [0.3, 0.4) is 0 Å². The number of hydrogen-bond donors (Lipinski definition) is 1. The molecule has 0 saturated heterocycles. The van der Waals surface area contributed by atoms with Crippen LogP contribution in [0.1, 0.15) is 20.3 Å². The Morgan fingerprint density at radius 1 is 1.60 bits per heavy atom. The highest BCUT2D eigenvalue weighted by Gasteiger charge is 2.15. The summed E-state index contributed by atoms with van der Waals surface area (Å²) in [7, 11) is 0. The predicted molar refractivity (Wildman–Crippen MR) is 44.2 cm³/mol. The molecule has 3 heteroatoms. The summed E-state index contributed by atoms with van der Waals surface area (Å²) in [5.74, 6) is -0.227. The average molecular weight is 209 g/mol. The van der Waals surface area contributed by atoms with Gasteiger partial charge in [0.1, 0.15) is 6.29 Å². The Labute approximate surface area is 69.8 Å². The van der Waals surface area contributed by atoms with Gasteiger partial charge in [-0.05, 0) is 13.3 Å². The maximum Gasteiger partial charge on any atom is 0.125 e. The summed E-state index contributed by atoms with van der Waals surface area (Å²) < 4.78 is 0. The van der Waals surface area contributed by atoms with E-state index in [1.807, 2.05) is 6.92 Å². The monoisotopic (exact) mass is 208 g/mol. The first-order valence-electron chi connectivity index (χ1n) is 3.35. The van der Waals surface area contributed by atoms with Gasteiger partial charge in [-0.25, -0.2) is 0 Å². The van der Waals surface area contributed by atoms with Crippen molar-refractivity contribution in [3.63, 3.8) is 0 Å². The van der Waals surface area contributed by atoms with Gasteiger partial charge in [-0.3, -0.25) is 0 Å². The van der Waals surface area contributed by atoms with Crippen LogP contribution < -0.4 is 0 Å². The molecule has 0 aliphatic carbocycles. The minimum atomic E-state index is -0.530. The zero-order valence-electron chi connectivity index (χ0n) is 6.25. The molecule has 1 N–H and O–H groups in total. The van der Waals surface area contributed by atoms with Crippen LogP contribution in [0, 0.1) is 5.92 Å². The highest BCUT2D eigenvalue weighted by Crippen LogP contribution is 2.13. The largest absolute Gasteiger partial charge is 0.393 e. The minimum absolute atomic E-state index is 0.227. The van der Waals surface area contributed by atoms with Gasteiger partial charge in [0.25, 0.3) is 0 Å². The summed E-state index contributed by atoms with van der Waals surface area (Å²) in [5.41, 5.74) is 0.